The molecule has 3 aromatic carbocycles. The number of rotatable bonds is 3. The van der Waals surface area contributed by atoms with Crippen LogP contribution in [0, 0.1) is 11.8 Å². The number of likely N-dealkylation sites (tertiary alicyclic amines) is 1. The Bertz CT molecular complexity index is 1320. The minimum atomic E-state index is -1.28. The third kappa shape index (κ3) is 2.75. The van der Waals surface area contributed by atoms with Crippen molar-refractivity contribution in [1.82, 2.24) is 4.90 Å². The van der Waals surface area contributed by atoms with E-state index in [-0.39, 0.29) is 0 Å². The topological polar surface area (TPSA) is 66.5 Å². The van der Waals surface area contributed by atoms with Gasteiger partial charge in [0.1, 0.15) is 15.8 Å². The molecule has 176 valence electrons. The fraction of sp³-hybridized carbons (Fsp3) is 0.222. The van der Waals surface area contributed by atoms with E-state index in [9.17, 15) is 14.4 Å². The number of carbonyl (C=O) groups is 3. The van der Waals surface area contributed by atoms with Gasteiger partial charge < -0.3 is 5.32 Å². The third-order valence-corrected chi connectivity index (χ3v) is 9.13. The van der Waals surface area contributed by atoms with Gasteiger partial charge in [-0.2, -0.15) is 0 Å². The van der Waals surface area contributed by atoms with E-state index in [0.717, 1.165) is 4.90 Å². The number of amides is 3. The Hall–Kier alpha value is -2.86. The van der Waals surface area contributed by atoms with Gasteiger partial charge in [-0.3, -0.25) is 19.3 Å². The van der Waals surface area contributed by atoms with E-state index in [0.29, 0.717) is 33.0 Å². The number of anilines is 1. The monoisotopic (exact) mass is 524 g/mol. The Kier molecular flexibility index (Phi) is 4.89. The molecule has 3 atom stereocenters. The maximum Gasteiger partial charge on any atom is 0.247 e. The lowest BCUT2D eigenvalue weighted by Crippen LogP contribution is -2.57. The van der Waals surface area contributed by atoms with Crippen molar-refractivity contribution in [2.75, 3.05) is 5.32 Å². The lowest BCUT2D eigenvalue weighted by molar-refractivity contribution is -0.146. The molecular formula is C27H19Cl3N2O3. The highest BCUT2D eigenvalue weighted by molar-refractivity contribution is 6.36. The second kappa shape index (κ2) is 7.57. The summed E-state index contributed by atoms with van der Waals surface area (Å²) in [6.45, 7) is 1.52. The van der Waals surface area contributed by atoms with Crippen molar-refractivity contribution < 1.29 is 14.4 Å². The van der Waals surface area contributed by atoms with Crippen molar-refractivity contribution in [3.63, 3.8) is 0 Å². The molecule has 0 spiro atoms. The van der Waals surface area contributed by atoms with E-state index in [1.54, 1.807) is 24.3 Å². The number of alkyl halides is 2. The summed E-state index contributed by atoms with van der Waals surface area (Å²) in [5.74, 6) is -3.45. The number of carbonyl (C=O) groups excluding carboxylic acids is 3. The number of nitrogens with zero attached hydrogens (tertiary/aromatic N) is 1. The predicted molar refractivity (Wildman–Crippen MR) is 135 cm³/mol. The van der Waals surface area contributed by atoms with Gasteiger partial charge in [0.05, 0.1) is 22.5 Å². The predicted octanol–water partition coefficient (Wildman–Crippen LogP) is 5.26. The average Bonchev–Trinajstić information content (AvgIpc) is 3.14. The van der Waals surface area contributed by atoms with Crippen molar-refractivity contribution in [3.8, 4) is 0 Å². The van der Waals surface area contributed by atoms with Gasteiger partial charge in [-0.1, -0.05) is 72.3 Å². The maximum absolute atomic E-state index is 13.9. The van der Waals surface area contributed by atoms with Gasteiger partial charge in [-0.25, -0.2) is 0 Å². The van der Waals surface area contributed by atoms with Crippen LogP contribution in [-0.4, -0.2) is 28.7 Å². The molecule has 35 heavy (non-hydrogen) atoms. The molecule has 8 heteroatoms. The molecule has 3 aliphatic carbocycles. The molecule has 0 unspecified atom stereocenters. The van der Waals surface area contributed by atoms with Crippen molar-refractivity contribution in [2.45, 2.75) is 22.7 Å². The number of imide groups is 1. The van der Waals surface area contributed by atoms with Gasteiger partial charge in [0.15, 0.2) is 0 Å². The normalized spacial score (nSPS) is 28.9. The van der Waals surface area contributed by atoms with Crippen LogP contribution in [0.2, 0.25) is 5.02 Å². The molecule has 0 aromatic heterocycles. The summed E-state index contributed by atoms with van der Waals surface area (Å²) in [7, 11) is 0. The molecule has 2 bridgehead atoms. The van der Waals surface area contributed by atoms with E-state index < -0.39 is 45.3 Å². The quantitative estimate of drug-likeness (QED) is 0.375. The molecule has 1 fully saturated rings. The second-order valence-electron chi connectivity index (χ2n) is 9.16. The number of hydrogen-bond acceptors (Lipinski definition) is 3. The molecule has 4 aliphatic rings. The summed E-state index contributed by atoms with van der Waals surface area (Å²) in [5.41, 5.74) is 3.26. The van der Waals surface area contributed by atoms with Gasteiger partial charge in [-0.05, 0) is 41.3 Å². The number of halogens is 3. The Morgan fingerprint density at radius 2 is 1.20 bits per heavy atom. The highest BCUT2D eigenvalue weighted by atomic mass is 35.5. The summed E-state index contributed by atoms with van der Waals surface area (Å²) in [6, 6.07) is 20.5. The standard InChI is InChI=1S/C27H19Cl3N2O3/c1-14(23(33)31-20-13-7-6-12-19(20)28)32-24(34)21-22(25(32)35)27(30)16-9-3-2-8-15(16)26(21,29)17-10-4-5-11-18(17)27/h2-14,21-22H,1H3,(H,31,33)/t14-,21+,22+,26?,27?/m1/s1. The molecule has 0 saturated carbocycles. The molecule has 5 nitrogen and oxygen atoms in total. The number of nitrogens with one attached hydrogen (secondary N) is 1. The van der Waals surface area contributed by atoms with E-state index in [4.69, 9.17) is 34.8 Å². The van der Waals surface area contributed by atoms with Crippen LogP contribution < -0.4 is 5.32 Å². The molecular weight excluding hydrogens is 507 g/mol. The molecule has 1 aliphatic heterocycles. The lowest BCUT2D eigenvalue weighted by Gasteiger charge is -2.54. The maximum atomic E-state index is 13.9. The molecule has 1 heterocycles. The van der Waals surface area contributed by atoms with Gasteiger partial charge in [0.2, 0.25) is 17.7 Å². The molecule has 1 saturated heterocycles. The minimum Gasteiger partial charge on any atom is -0.323 e. The fourth-order valence-electron chi connectivity index (χ4n) is 5.99. The average molecular weight is 526 g/mol. The smallest absolute Gasteiger partial charge is 0.247 e. The number of hydrogen-bond donors (Lipinski definition) is 1. The molecule has 3 aromatic rings. The van der Waals surface area contributed by atoms with Crippen LogP contribution in [0.5, 0.6) is 0 Å². The summed E-state index contributed by atoms with van der Waals surface area (Å²) >= 11 is 21.0. The van der Waals surface area contributed by atoms with E-state index >= 15 is 0 Å². The van der Waals surface area contributed by atoms with Crippen molar-refractivity contribution in [1.29, 1.82) is 0 Å². The minimum absolute atomic E-state index is 0.351. The Morgan fingerprint density at radius 3 is 1.63 bits per heavy atom. The van der Waals surface area contributed by atoms with Crippen molar-refractivity contribution in [3.05, 3.63) is 100 Å². The summed E-state index contributed by atoms with van der Waals surface area (Å²) in [5, 5.41) is 3.07. The zero-order valence-corrected chi connectivity index (χ0v) is 20.7. The Balaban J connectivity index is 1.46. The van der Waals surface area contributed by atoms with Crippen LogP contribution in [0.25, 0.3) is 0 Å². The van der Waals surface area contributed by atoms with Crippen LogP contribution in [0.15, 0.2) is 72.8 Å². The Morgan fingerprint density at radius 1 is 0.800 bits per heavy atom. The first-order valence-corrected chi connectivity index (χ1v) is 12.4. The number of para-hydroxylation sites is 1. The summed E-state index contributed by atoms with van der Waals surface area (Å²) < 4.78 is 0. The lowest BCUT2D eigenvalue weighted by atomic mass is 9.54. The highest BCUT2D eigenvalue weighted by Crippen LogP contribution is 2.69. The Labute approximate surface area is 217 Å². The van der Waals surface area contributed by atoms with E-state index in [2.05, 4.69) is 5.32 Å². The first-order chi connectivity index (χ1) is 16.7. The van der Waals surface area contributed by atoms with Crippen LogP contribution in [0.1, 0.15) is 29.2 Å². The van der Waals surface area contributed by atoms with Crippen LogP contribution in [-0.2, 0) is 24.1 Å². The van der Waals surface area contributed by atoms with Crippen molar-refractivity contribution in [2.24, 2.45) is 11.8 Å². The largest absolute Gasteiger partial charge is 0.323 e. The third-order valence-electron chi connectivity index (χ3n) is 7.52. The zero-order chi connectivity index (χ0) is 24.7. The van der Waals surface area contributed by atoms with Gasteiger partial charge >= 0.3 is 0 Å². The van der Waals surface area contributed by atoms with Crippen LogP contribution >= 0.6 is 34.8 Å². The zero-order valence-electron chi connectivity index (χ0n) is 18.5. The molecule has 1 N–H and O–H groups in total. The number of benzene rings is 3. The van der Waals surface area contributed by atoms with Gasteiger partial charge in [0, 0.05) is 0 Å². The SMILES string of the molecule is C[C@H](C(=O)Nc1ccccc1Cl)N1C(=O)[C@@H]2[C@@H](C1=O)C1(Cl)c3ccccc3C2(Cl)c2ccccc21. The summed E-state index contributed by atoms with van der Waals surface area (Å²) in [6.07, 6.45) is 0. The first kappa shape index (κ1) is 22.6. The van der Waals surface area contributed by atoms with E-state index in [1.165, 1.54) is 6.92 Å². The summed E-state index contributed by atoms with van der Waals surface area (Å²) in [4.78, 5) is 39.5. The van der Waals surface area contributed by atoms with Crippen LogP contribution in [0.4, 0.5) is 5.69 Å². The van der Waals surface area contributed by atoms with E-state index in [1.807, 2.05) is 48.5 Å². The van der Waals surface area contributed by atoms with Crippen LogP contribution in [0.3, 0.4) is 0 Å². The van der Waals surface area contributed by atoms with Gasteiger partial charge in [-0.15, -0.1) is 23.2 Å². The highest BCUT2D eigenvalue weighted by Gasteiger charge is 2.73. The molecule has 7 rings (SSSR count). The molecule has 3 amide bonds. The fourth-order valence-corrected chi connectivity index (χ4v) is 7.27. The first-order valence-electron chi connectivity index (χ1n) is 11.2. The molecule has 0 radical (unpaired) electrons. The van der Waals surface area contributed by atoms with Gasteiger partial charge in [0.25, 0.3) is 0 Å². The second-order valence-corrected chi connectivity index (χ2v) is 10.8. The van der Waals surface area contributed by atoms with Crippen molar-refractivity contribution >= 4 is 58.2 Å².